The molecule has 0 aliphatic rings. The predicted octanol–water partition coefficient (Wildman–Crippen LogP) is 3.16. The molecule has 20 heavy (non-hydrogen) atoms. The summed E-state index contributed by atoms with van der Waals surface area (Å²) in [5.41, 5.74) is 1.11. The molecular formula is C17H29NO2. The van der Waals surface area contributed by atoms with E-state index in [0.29, 0.717) is 6.61 Å². The Balaban J connectivity index is 2.38. The van der Waals surface area contributed by atoms with E-state index >= 15 is 0 Å². The molecule has 0 aromatic heterocycles. The lowest BCUT2D eigenvalue weighted by Crippen LogP contribution is -2.46. The van der Waals surface area contributed by atoms with Crippen LogP contribution in [-0.4, -0.2) is 30.4 Å². The highest BCUT2D eigenvalue weighted by atomic mass is 16.5. The minimum Gasteiger partial charge on any atom is -0.494 e. The third kappa shape index (κ3) is 5.93. The van der Waals surface area contributed by atoms with E-state index in [4.69, 9.17) is 4.74 Å². The van der Waals surface area contributed by atoms with Crippen molar-refractivity contribution < 1.29 is 9.84 Å². The number of nitrogens with one attached hydrogen (secondary N) is 1. The SMILES string of the molecule is CCCCc1ccc(OCCC(C)(CO)NCC)cc1. The second kappa shape index (κ2) is 8.98. The molecule has 2 N–H and O–H groups in total. The first-order valence-corrected chi connectivity index (χ1v) is 7.71. The van der Waals surface area contributed by atoms with E-state index in [-0.39, 0.29) is 12.1 Å². The highest BCUT2D eigenvalue weighted by Crippen LogP contribution is 2.16. The average molecular weight is 279 g/mol. The minimum absolute atomic E-state index is 0.125. The Labute approximate surface area is 123 Å². The van der Waals surface area contributed by atoms with Crippen molar-refractivity contribution >= 4 is 0 Å². The zero-order valence-electron chi connectivity index (χ0n) is 13.1. The topological polar surface area (TPSA) is 41.5 Å². The van der Waals surface area contributed by atoms with Gasteiger partial charge < -0.3 is 15.2 Å². The Morgan fingerprint density at radius 1 is 1.20 bits per heavy atom. The molecule has 0 amide bonds. The third-order valence-corrected chi connectivity index (χ3v) is 3.62. The van der Waals surface area contributed by atoms with Gasteiger partial charge in [0.05, 0.1) is 13.2 Å². The summed E-state index contributed by atoms with van der Waals surface area (Å²) in [6.07, 6.45) is 4.38. The standard InChI is InChI=1S/C17H29NO2/c1-4-6-7-15-8-10-16(11-9-15)20-13-12-17(3,14-19)18-5-2/h8-11,18-19H,4-7,12-14H2,1-3H3. The van der Waals surface area contributed by atoms with E-state index in [9.17, 15) is 5.11 Å². The van der Waals surface area contributed by atoms with Crippen molar-refractivity contribution in [3.63, 3.8) is 0 Å². The maximum atomic E-state index is 9.41. The Morgan fingerprint density at radius 2 is 1.90 bits per heavy atom. The van der Waals surface area contributed by atoms with Gasteiger partial charge in [0.15, 0.2) is 0 Å². The summed E-state index contributed by atoms with van der Waals surface area (Å²) in [5, 5.41) is 12.7. The molecule has 3 heteroatoms. The first kappa shape index (κ1) is 17.0. The number of benzene rings is 1. The lowest BCUT2D eigenvalue weighted by atomic mass is 10.00. The van der Waals surface area contributed by atoms with Crippen LogP contribution in [0.25, 0.3) is 0 Å². The first-order valence-electron chi connectivity index (χ1n) is 7.71. The van der Waals surface area contributed by atoms with Gasteiger partial charge in [-0.1, -0.05) is 32.4 Å². The van der Waals surface area contributed by atoms with Gasteiger partial charge in [-0.05, 0) is 44.0 Å². The summed E-state index contributed by atoms with van der Waals surface area (Å²) < 4.78 is 5.76. The molecular weight excluding hydrogens is 250 g/mol. The van der Waals surface area contributed by atoms with Gasteiger partial charge in [-0.2, -0.15) is 0 Å². The van der Waals surface area contributed by atoms with Crippen LogP contribution in [0.2, 0.25) is 0 Å². The van der Waals surface area contributed by atoms with Crippen LogP contribution in [0.1, 0.15) is 45.6 Å². The molecule has 0 bridgehead atoms. The van der Waals surface area contributed by atoms with Crippen molar-refractivity contribution in [3.05, 3.63) is 29.8 Å². The predicted molar refractivity (Wildman–Crippen MR) is 84.3 cm³/mol. The molecule has 1 atom stereocenters. The average Bonchev–Trinajstić information content (AvgIpc) is 2.47. The summed E-state index contributed by atoms with van der Waals surface area (Å²) in [5.74, 6) is 0.905. The summed E-state index contributed by atoms with van der Waals surface area (Å²) in [6, 6.07) is 8.35. The molecule has 0 saturated carbocycles. The number of ether oxygens (including phenoxy) is 1. The van der Waals surface area contributed by atoms with Crippen LogP contribution in [0, 0.1) is 0 Å². The number of hydrogen-bond donors (Lipinski definition) is 2. The van der Waals surface area contributed by atoms with Crippen molar-refractivity contribution in [3.8, 4) is 5.75 Å². The summed E-state index contributed by atoms with van der Waals surface area (Å²) in [7, 11) is 0. The molecule has 3 nitrogen and oxygen atoms in total. The monoisotopic (exact) mass is 279 g/mol. The van der Waals surface area contributed by atoms with Crippen LogP contribution >= 0.6 is 0 Å². The number of likely N-dealkylation sites (N-methyl/N-ethyl adjacent to an activating group) is 1. The molecule has 1 aromatic rings. The van der Waals surface area contributed by atoms with Crippen molar-refractivity contribution in [2.45, 2.75) is 52.0 Å². The zero-order chi connectivity index (χ0) is 14.8. The quantitative estimate of drug-likeness (QED) is 0.691. The molecule has 0 radical (unpaired) electrons. The molecule has 0 saturated heterocycles. The normalized spacial score (nSPS) is 14.0. The molecule has 0 aliphatic carbocycles. The smallest absolute Gasteiger partial charge is 0.119 e. The van der Waals surface area contributed by atoms with Gasteiger partial charge in [0.2, 0.25) is 0 Å². The van der Waals surface area contributed by atoms with Gasteiger partial charge in [-0.3, -0.25) is 0 Å². The molecule has 1 aromatic carbocycles. The van der Waals surface area contributed by atoms with Crippen molar-refractivity contribution in [1.82, 2.24) is 5.32 Å². The summed E-state index contributed by atoms with van der Waals surface area (Å²) in [4.78, 5) is 0. The fraction of sp³-hybridized carbons (Fsp3) is 0.647. The largest absolute Gasteiger partial charge is 0.494 e. The summed E-state index contributed by atoms with van der Waals surface area (Å²) >= 11 is 0. The van der Waals surface area contributed by atoms with E-state index in [0.717, 1.165) is 25.1 Å². The maximum absolute atomic E-state index is 9.41. The van der Waals surface area contributed by atoms with Crippen molar-refractivity contribution in [2.75, 3.05) is 19.8 Å². The van der Waals surface area contributed by atoms with Crippen LogP contribution in [0.4, 0.5) is 0 Å². The van der Waals surface area contributed by atoms with Gasteiger partial charge >= 0.3 is 0 Å². The van der Waals surface area contributed by atoms with Crippen LogP contribution in [0.3, 0.4) is 0 Å². The van der Waals surface area contributed by atoms with Gasteiger partial charge in [0, 0.05) is 12.0 Å². The maximum Gasteiger partial charge on any atom is 0.119 e. The third-order valence-electron chi connectivity index (χ3n) is 3.62. The Bertz CT molecular complexity index is 364. The lowest BCUT2D eigenvalue weighted by molar-refractivity contribution is 0.146. The second-order valence-electron chi connectivity index (χ2n) is 5.60. The number of hydrogen-bond acceptors (Lipinski definition) is 3. The fourth-order valence-electron chi connectivity index (χ4n) is 2.18. The van der Waals surface area contributed by atoms with E-state index in [2.05, 4.69) is 24.4 Å². The Kier molecular flexibility index (Phi) is 7.63. The van der Waals surface area contributed by atoms with Crippen molar-refractivity contribution in [2.24, 2.45) is 0 Å². The second-order valence-corrected chi connectivity index (χ2v) is 5.60. The van der Waals surface area contributed by atoms with Gasteiger partial charge in [-0.25, -0.2) is 0 Å². The number of aliphatic hydroxyl groups is 1. The zero-order valence-corrected chi connectivity index (χ0v) is 13.1. The number of aliphatic hydroxyl groups excluding tert-OH is 1. The molecule has 0 spiro atoms. The van der Waals surface area contributed by atoms with E-state index in [1.54, 1.807) is 0 Å². The molecule has 0 fully saturated rings. The number of unbranched alkanes of at least 4 members (excludes halogenated alkanes) is 1. The first-order chi connectivity index (χ1) is 9.63. The van der Waals surface area contributed by atoms with Crippen LogP contribution in [0.15, 0.2) is 24.3 Å². The summed E-state index contributed by atoms with van der Waals surface area (Å²) in [6.45, 7) is 7.86. The van der Waals surface area contributed by atoms with Crippen LogP contribution < -0.4 is 10.1 Å². The minimum atomic E-state index is -0.254. The lowest BCUT2D eigenvalue weighted by Gasteiger charge is -2.28. The Hall–Kier alpha value is -1.06. The van der Waals surface area contributed by atoms with Gasteiger partial charge in [0.1, 0.15) is 5.75 Å². The molecule has 1 unspecified atom stereocenters. The highest BCUT2D eigenvalue weighted by molar-refractivity contribution is 5.27. The molecule has 0 heterocycles. The molecule has 114 valence electrons. The number of aryl methyl sites for hydroxylation is 1. The van der Waals surface area contributed by atoms with Crippen LogP contribution in [0.5, 0.6) is 5.75 Å². The van der Waals surface area contributed by atoms with Gasteiger partial charge in [0.25, 0.3) is 0 Å². The highest BCUT2D eigenvalue weighted by Gasteiger charge is 2.21. The van der Waals surface area contributed by atoms with E-state index in [1.807, 2.05) is 26.0 Å². The van der Waals surface area contributed by atoms with E-state index < -0.39 is 0 Å². The van der Waals surface area contributed by atoms with Crippen molar-refractivity contribution in [1.29, 1.82) is 0 Å². The molecule has 0 aliphatic heterocycles. The number of rotatable bonds is 10. The fourth-order valence-corrected chi connectivity index (χ4v) is 2.18. The van der Waals surface area contributed by atoms with E-state index in [1.165, 1.54) is 18.4 Å². The molecule has 1 rings (SSSR count). The van der Waals surface area contributed by atoms with Gasteiger partial charge in [-0.15, -0.1) is 0 Å². The Morgan fingerprint density at radius 3 is 2.45 bits per heavy atom. The van der Waals surface area contributed by atoms with Crippen LogP contribution in [-0.2, 0) is 6.42 Å².